The molecule has 4 rings (SSSR count). The molecule has 2 aromatic carbocycles. The number of benzene rings is 2. The van der Waals surface area contributed by atoms with Crippen LogP contribution in [0.3, 0.4) is 0 Å². The average molecular weight is 538 g/mol. The Balaban J connectivity index is 1.89. The minimum absolute atomic E-state index is 0.116. The maximum Gasteiger partial charge on any atom is 0.322 e. The largest absolute Gasteiger partial charge is 0.506 e. The van der Waals surface area contributed by atoms with Crippen LogP contribution in [-0.2, 0) is 11.3 Å². The molecule has 0 spiro atoms. The molecule has 3 aromatic rings. The fourth-order valence-electron chi connectivity index (χ4n) is 3.43. The number of hydrogen-bond acceptors (Lipinski definition) is 5. The highest BCUT2D eigenvalue weighted by Crippen LogP contribution is 2.41. The van der Waals surface area contributed by atoms with Gasteiger partial charge in [0.15, 0.2) is 0 Å². The van der Waals surface area contributed by atoms with Gasteiger partial charge in [-0.05, 0) is 29.8 Å². The zero-order valence-electron chi connectivity index (χ0n) is 15.2. The number of amides is 1. The Kier molecular flexibility index (Phi) is 5.29. The van der Waals surface area contributed by atoms with Crippen LogP contribution >= 0.6 is 31.9 Å². The highest BCUT2D eigenvalue weighted by Gasteiger charge is 2.30. The third-order valence-corrected chi connectivity index (χ3v) is 5.73. The number of halogens is 2. The highest BCUT2D eigenvalue weighted by molar-refractivity contribution is 9.10. The van der Waals surface area contributed by atoms with Gasteiger partial charge in [-0.2, -0.15) is 0 Å². The van der Waals surface area contributed by atoms with Crippen molar-refractivity contribution in [1.82, 2.24) is 9.88 Å². The molecule has 8 nitrogen and oxygen atoms in total. The van der Waals surface area contributed by atoms with E-state index in [1.807, 2.05) is 24.3 Å². The molecule has 10 heteroatoms. The molecule has 0 saturated carbocycles. The molecule has 1 atom stereocenters. The van der Waals surface area contributed by atoms with Gasteiger partial charge in [-0.3, -0.25) is 19.0 Å². The van der Waals surface area contributed by atoms with Gasteiger partial charge in [0.1, 0.15) is 29.7 Å². The number of rotatable bonds is 4. The Labute approximate surface area is 186 Å². The van der Waals surface area contributed by atoms with E-state index in [4.69, 9.17) is 9.84 Å². The van der Waals surface area contributed by atoms with E-state index in [2.05, 4.69) is 37.2 Å². The van der Waals surface area contributed by atoms with Crippen LogP contribution in [0.5, 0.6) is 11.5 Å². The second kappa shape index (κ2) is 7.77. The third kappa shape index (κ3) is 3.56. The maximum atomic E-state index is 13.1. The van der Waals surface area contributed by atoms with Crippen molar-refractivity contribution in [2.45, 2.75) is 12.6 Å². The summed E-state index contributed by atoms with van der Waals surface area (Å²) in [6.07, 6.45) is -0.500. The average Bonchev–Trinajstić information content (AvgIpc) is 2.70. The van der Waals surface area contributed by atoms with Gasteiger partial charge in [-0.15, -0.1) is 0 Å². The zero-order chi connectivity index (χ0) is 21.6. The summed E-state index contributed by atoms with van der Waals surface area (Å²) in [4.78, 5) is 36.4. The number of aromatic nitrogens is 1. The summed E-state index contributed by atoms with van der Waals surface area (Å²) in [7, 11) is 0. The second-order valence-electron chi connectivity index (χ2n) is 6.67. The molecule has 154 valence electrons. The van der Waals surface area contributed by atoms with Crippen molar-refractivity contribution in [3.05, 3.63) is 66.8 Å². The van der Waals surface area contributed by atoms with Gasteiger partial charge < -0.3 is 20.3 Å². The topological polar surface area (TPSA) is 118 Å². The molecule has 0 radical (unpaired) electrons. The monoisotopic (exact) mass is 536 g/mol. The minimum atomic E-state index is -1.26. The van der Waals surface area contributed by atoms with Crippen LogP contribution in [0.15, 0.2) is 50.1 Å². The van der Waals surface area contributed by atoms with Crippen molar-refractivity contribution in [2.24, 2.45) is 0 Å². The lowest BCUT2D eigenvalue weighted by molar-refractivity contribution is -0.135. The van der Waals surface area contributed by atoms with E-state index in [1.165, 1.54) is 4.57 Å². The SMILES string of the molecule is O=C(O)CNC(=O)c1c(O)c2cc(Br)cc3c2n(c1=O)CC(c1ccc(Br)cc1)O3. The van der Waals surface area contributed by atoms with Gasteiger partial charge in [-0.25, -0.2) is 0 Å². The summed E-state index contributed by atoms with van der Waals surface area (Å²) in [6, 6.07) is 10.7. The van der Waals surface area contributed by atoms with Crippen LogP contribution in [0.25, 0.3) is 10.9 Å². The van der Waals surface area contributed by atoms with Gasteiger partial charge in [0, 0.05) is 14.3 Å². The summed E-state index contributed by atoms with van der Waals surface area (Å²) in [6.45, 7) is -0.560. The summed E-state index contributed by atoms with van der Waals surface area (Å²) < 4.78 is 8.96. The number of nitrogens with zero attached hydrogens (tertiary/aromatic N) is 1. The van der Waals surface area contributed by atoms with Crippen LogP contribution < -0.4 is 15.6 Å². The van der Waals surface area contributed by atoms with Crippen LogP contribution in [0.2, 0.25) is 0 Å². The van der Waals surface area contributed by atoms with Gasteiger partial charge in [0.05, 0.1) is 12.1 Å². The first-order chi connectivity index (χ1) is 14.3. The molecule has 0 fully saturated rings. The lowest BCUT2D eigenvalue weighted by Crippen LogP contribution is -2.38. The minimum Gasteiger partial charge on any atom is -0.506 e. The molecule has 0 bridgehead atoms. The number of ether oxygens (including phenoxy) is 1. The van der Waals surface area contributed by atoms with E-state index in [-0.39, 0.29) is 11.9 Å². The smallest absolute Gasteiger partial charge is 0.322 e. The van der Waals surface area contributed by atoms with E-state index in [0.717, 1.165) is 10.0 Å². The number of hydrogen-bond donors (Lipinski definition) is 3. The Bertz CT molecular complexity index is 1250. The molecule has 2 heterocycles. The third-order valence-electron chi connectivity index (χ3n) is 4.75. The molecule has 1 aliphatic rings. The van der Waals surface area contributed by atoms with Crippen molar-refractivity contribution in [3.8, 4) is 11.5 Å². The number of carboxylic acid groups (broad SMARTS) is 1. The molecule has 1 aliphatic heterocycles. The first-order valence-corrected chi connectivity index (χ1v) is 10.4. The molecule has 1 unspecified atom stereocenters. The number of aliphatic carboxylic acids is 1. The fourth-order valence-corrected chi connectivity index (χ4v) is 4.13. The van der Waals surface area contributed by atoms with Gasteiger partial charge in [-0.1, -0.05) is 44.0 Å². The van der Waals surface area contributed by atoms with Crippen LogP contribution in [0, 0.1) is 0 Å². The van der Waals surface area contributed by atoms with E-state index >= 15 is 0 Å². The van der Waals surface area contributed by atoms with E-state index in [1.54, 1.807) is 12.1 Å². The second-order valence-corrected chi connectivity index (χ2v) is 8.51. The predicted molar refractivity (Wildman–Crippen MR) is 115 cm³/mol. The van der Waals surface area contributed by atoms with Gasteiger partial charge in [0.2, 0.25) is 0 Å². The van der Waals surface area contributed by atoms with Crippen LogP contribution in [0.1, 0.15) is 22.0 Å². The van der Waals surface area contributed by atoms with Crippen molar-refractivity contribution < 1.29 is 24.5 Å². The molecule has 0 saturated heterocycles. The summed E-state index contributed by atoms with van der Waals surface area (Å²) in [5.74, 6) is -2.37. The molecule has 0 aliphatic carbocycles. The van der Waals surface area contributed by atoms with E-state index in [9.17, 15) is 19.5 Å². The fraction of sp³-hybridized carbons (Fsp3) is 0.150. The molecular weight excluding hydrogens is 524 g/mol. The summed E-state index contributed by atoms with van der Waals surface area (Å²) in [5.41, 5.74) is -0.0428. The Morgan fingerprint density at radius 1 is 1.17 bits per heavy atom. The summed E-state index contributed by atoms with van der Waals surface area (Å²) >= 11 is 6.74. The Morgan fingerprint density at radius 2 is 1.87 bits per heavy atom. The van der Waals surface area contributed by atoms with Gasteiger partial charge in [0.25, 0.3) is 11.5 Å². The lowest BCUT2D eigenvalue weighted by atomic mass is 10.0. The number of nitrogens with one attached hydrogen (secondary N) is 1. The van der Waals surface area contributed by atoms with Gasteiger partial charge >= 0.3 is 5.97 Å². The summed E-state index contributed by atoms with van der Waals surface area (Å²) in [5, 5.41) is 21.8. The number of pyridine rings is 1. The zero-order valence-corrected chi connectivity index (χ0v) is 18.4. The normalized spacial score (nSPS) is 14.9. The lowest BCUT2D eigenvalue weighted by Gasteiger charge is -2.29. The quantitative estimate of drug-likeness (QED) is 0.470. The van der Waals surface area contributed by atoms with Crippen molar-refractivity contribution in [1.29, 1.82) is 0 Å². The number of carbonyl (C=O) groups excluding carboxylic acids is 1. The number of aromatic hydroxyl groups is 1. The van der Waals surface area contributed by atoms with E-state index in [0.29, 0.717) is 15.7 Å². The van der Waals surface area contributed by atoms with Crippen molar-refractivity contribution in [2.75, 3.05) is 6.54 Å². The van der Waals surface area contributed by atoms with Crippen LogP contribution in [0.4, 0.5) is 0 Å². The Hall–Kier alpha value is -2.85. The molecule has 30 heavy (non-hydrogen) atoms. The first-order valence-electron chi connectivity index (χ1n) is 8.77. The molecular formula is C20H14Br2N2O6. The molecule has 1 aromatic heterocycles. The number of carboxylic acids is 1. The maximum absolute atomic E-state index is 13.1. The highest BCUT2D eigenvalue weighted by atomic mass is 79.9. The molecule has 3 N–H and O–H groups in total. The molecule has 1 amide bonds. The predicted octanol–water partition coefficient (Wildman–Crippen LogP) is 3.18. The Morgan fingerprint density at radius 3 is 2.53 bits per heavy atom. The first kappa shape index (κ1) is 20.4. The van der Waals surface area contributed by atoms with Crippen LogP contribution in [-0.4, -0.2) is 33.2 Å². The standard InChI is InChI=1S/C20H14Br2N2O6/c21-10-3-1-9(2-4-10)14-8-24-17-12(5-11(22)6-13(17)30-14)18(27)16(20(24)29)19(28)23-7-15(25)26/h1-6,14,27H,7-8H2,(H,23,28)(H,25,26). The van der Waals surface area contributed by atoms with Crippen molar-refractivity contribution >= 4 is 54.6 Å². The van der Waals surface area contributed by atoms with Crippen molar-refractivity contribution in [3.63, 3.8) is 0 Å². The van der Waals surface area contributed by atoms with E-state index < -0.39 is 41.4 Å². The number of carbonyl (C=O) groups is 2.